The molecule has 0 unspecified atom stereocenters. The minimum atomic E-state index is -0.709. The Balaban J connectivity index is 2.14. The number of nitrogens with zero attached hydrogens (tertiary/aromatic N) is 1. The summed E-state index contributed by atoms with van der Waals surface area (Å²) in [5.74, 6) is 0.538. The maximum absolute atomic E-state index is 12.9. The van der Waals surface area contributed by atoms with E-state index in [2.05, 4.69) is 32.6 Å². The number of amides is 2. The van der Waals surface area contributed by atoms with E-state index in [1.807, 2.05) is 4.90 Å². The molecule has 2 rings (SSSR count). The van der Waals surface area contributed by atoms with Gasteiger partial charge in [0.25, 0.3) is 0 Å². The number of carbonyl (C=O) groups excluding carboxylic acids is 2. The number of fused-ring (bicyclic) bond motifs is 1. The predicted octanol–water partition coefficient (Wildman–Crippen LogP) is 1.91. The molecular weight excluding hydrogens is 387 g/mol. The van der Waals surface area contributed by atoms with E-state index in [1.54, 1.807) is 6.92 Å². The summed E-state index contributed by atoms with van der Waals surface area (Å²) in [4.78, 5) is 26.4. The van der Waals surface area contributed by atoms with Crippen LogP contribution in [0.5, 0.6) is 0 Å². The third-order valence-corrected chi connectivity index (χ3v) is 5.70. The van der Waals surface area contributed by atoms with Crippen molar-refractivity contribution >= 4 is 34.6 Å². The van der Waals surface area contributed by atoms with Crippen molar-refractivity contribution in [3.05, 3.63) is 0 Å². The van der Waals surface area contributed by atoms with Gasteiger partial charge in [0.2, 0.25) is 5.91 Å². The van der Waals surface area contributed by atoms with Gasteiger partial charge in [0.05, 0.1) is 17.3 Å². The van der Waals surface area contributed by atoms with E-state index < -0.39 is 18.2 Å². The summed E-state index contributed by atoms with van der Waals surface area (Å²) in [5.41, 5.74) is 0. The van der Waals surface area contributed by atoms with Crippen LogP contribution in [-0.4, -0.2) is 53.4 Å². The summed E-state index contributed by atoms with van der Waals surface area (Å²) >= 11 is 2.33. The van der Waals surface area contributed by atoms with Crippen LogP contribution in [-0.2, 0) is 14.3 Å². The summed E-state index contributed by atoms with van der Waals surface area (Å²) in [5, 5.41) is 2.61. The van der Waals surface area contributed by atoms with Crippen molar-refractivity contribution < 1.29 is 19.1 Å². The molecule has 6 nitrogen and oxygen atoms in total. The third kappa shape index (κ3) is 3.44. The molecule has 1 saturated carbocycles. The minimum Gasteiger partial charge on any atom is -0.453 e. The smallest absolute Gasteiger partial charge is 0.407 e. The molecule has 0 radical (unpaired) electrons. The quantitative estimate of drug-likeness (QED) is 0.437. The number of alkyl carbamates (subject to hydrolysis) is 1. The number of halogens is 1. The fourth-order valence-corrected chi connectivity index (χ4v) is 4.73. The maximum Gasteiger partial charge on any atom is 0.407 e. The normalized spacial score (nSPS) is 30.7. The van der Waals surface area contributed by atoms with Gasteiger partial charge in [0, 0.05) is 13.2 Å². The lowest BCUT2D eigenvalue weighted by atomic mass is 10.0. The zero-order valence-corrected chi connectivity index (χ0v) is 14.8. The molecule has 120 valence electrons. The molecule has 0 aromatic carbocycles. The molecule has 0 aromatic heterocycles. The van der Waals surface area contributed by atoms with Crippen molar-refractivity contribution in [1.29, 1.82) is 0 Å². The van der Waals surface area contributed by atoms with Crippen LogP contribution in [0.1, 0.15) is 32.6 Å². The number of methoxy groups -OCH3 is 2. The van der Waals surface area contributed by atoms with Gasteiger partial charge in [-0.1, -0.05) is 29.0 Å². The molecule has 5 atom stereocenters. The maximum atomic E-state index is 12.9. The zero-order chi connectivity index (χ0) is 15.6. The van der Waals surface area contributed by atoms with Crippen LogP contribution in [0.3, 0.4) is 0 Å². The van der Waals surface area contributed by atoms with E-state index >= 15 is 0 Å². The fraction of sp³-hybridized carbons (Fsp3) is 0.857. The second kappa shape index (κ2) is 7.13. The van der Waals surface area contributed by atoms with Crippen molar-refractivity contribution in [2.45, 2.75) is 54.8 Å². The Labute approximate surface area is 139 Å². The van der Waals surface area contributed by atoms with Crippen LogP contribution < -0.4 is 5.32 Å². The Hall–Kier alpha value is -0.570. The first kappa shape index (κ1) is 16.8. The average Bonchev–Trinajstić information content (AvgIpc) is 3.02. The molecule has 0 bridgehead atoms. The fourth-order valence-electron chi connectivity index (χ4n) is 3.39. The topological polar surface area (TPSA) is 67.9 Å². The number of ether oxygens (including phenoxy) is 2. The second-order valence-electron chi connectivity index (χ2n) is 5.73. The molecule has 7 heteroatoms. The first-order chi connectivity index (χ1) is 9.99. The Kier molecular flexibility index (Phi) is 5.70. The summed E-state index contributed by atoms with van der Waals surface area (Å²) in [6.07, 6.45) is 3.47. The van der Waals surface area contributed by atoms with Crippen molar-refractivity contribution in [3.63, 3.8) is 0 Å². The van der Waals surface area contributed by atoms with Gasteiger partial charge in [-0.2, -0.15) is 0 Å². The lowest BCUT2D eigenvalue weighted by Gasteiger charge is -2.33. The number of likely N-dealkylation sites (tertiary alicyclic amines) is 1. The Morgan fingerprint density at radius 1 is 1.33 bits per heavy atom. The Morgan fingerprint density at radius 3 is 2.67 bits per heavy atom. The molecule has 1 N–H and O–H groups in total. The average molecular weight is 410 g/mol. The summed E-state index contributed by atoms with van der Waals surface area (Å²) in [6, 6.07) is -0.399. The second-order valence-corrected chi connectivity index (χ2v) is 7.17. The van der Waals surface area contributed by atoms with Gasteiger partial charge in [-0.15, -0.1) is 0 Å². The number of nitrogens with one attached hydrogen (secondary N) is 1. The van der Waals surface area contributed by atoms with Gasteiger partial charge in [-0.3, -0.25) is 4.79 Å². The standard InChI is InChI=1S/C14H23IN2O4/c1-8(20-2)12(16-14(19)21-3)13(18)17-10-6-4-5-9(10)7-11(17)15/h8-12H,4-7H2,1-3H3,(H,16,19)/t8-,9+,10+,11+,12+/m1/s1. The van der Waals surface area contributed by atoms with Crippen LogP contribution in [0.2, 0.25) is 0 Å². The molecule has 1 saturated heterocycles. The van der Waals surface area contributed by atoms with Crippen molar-refractivity contribution in [1.82, 2.24) is 10.2 Å². The largest absolute Gasteiger partial charge is 0.453 e. The molecule has 0 spiro atoms. The number of hydrogen-bond acceptors (Lipinski definition) is 4. The molecular formula is C14H23IN2O4. The van der Waals surface area contributed by atoms with Crippen molar-refractivity contribution in [3.8, 4) is 0 Å². The molecule has 2 aliphatic rings. The van der Waals surface area contributed by atoms with Gasteiger partial charge < -0.3 is 19.7 Å². The van der Waals surface area contributed by atoms with E-state index in [4.69, 9.17) is 4.74 Å². The van der Waals surface area contributed by atoms with Crippen LogP contribution in [0.25, 0.3) is 0 Å². The lowest BCUT2D eigenvalue weighted by molar-refractivity contribution is -0.137. The van der Waals surface area contributed by atoms with E-state index in [0.717, 1.165) is 12.8 Å². The van der Waals surface area contributed by atoms with Crippen molar-refractivity contribution in [2.24, 2.45) is 5.92 Å². The van der Waals surface area contributed by atoms with Crippen LogP contribution in [0, 0.1) is 5.92 Å². The zero-order valence-electron chi connectivity index (χ0n) is 12.7. The van der Waals surface area contributed by atoms with Gasteiger partial charge in [0.15, 0.2) is 0 Å². The molecule has 0 aromatic rings. The van der Waals surface area contributed by atoms with Gasteiger partial charge in [-0.05, 0) is 32.1 Å². The third-order valence-electron chi connectivity index (χ3n) is 4.60. The SMILES string of the molecule is COC(=O)N[C@H](C(=O)N1[C@H](I)C[C@@H]2CCC[C@@H]21)[C@@H](C)OC. The Bertz CT molecular complexity index is 406. The van der Waals surface area contributed by atoms with Crippen LogP contribution >= 0.6 is 22.6 Å². The molecule has 2 fully saturated rings. The summed E-state index contributed by atoms with van der Waals surface area (Å²) < 4.78 is 10.1. The number of rotatable bonds is 4. The van der Waals surface area contributed by atoms with E-state index in [0.29, 0.717) is 12.0 Å². The highest BCUT2D eigenvalue weighted by Crippen LogP contribution is 2.43. The summed E-state index contributed by atoms with van der Waals surface area (Å²) in [7, 11) is 2.83. The molecule has 1 aliphatic carbocycles. The number of carbonyl (C=O) groups is 2. The first-order valence-corrected chi connectivity index (χ1v) is 8.57. The Morgan fingerprint density at radius 2 is 2.05 bits per heavy atom. The number of alkyl halides is 1. The van der Waals surface area contributed by atoms with E-state index in [1.165, 1.54) is 27.1 Å². The van der Waals surface area contributed by atoms with Crippen LogP contribution in [0.15, 0.2) is 0 Å². The van der Waals surface area contributed by atoms with Gasteiger partial charge in [-0.25, -0.2) is 4.79 Å². The highest BCUT2D eigenvalue weighted by Gasteiger charge is 2.47. The highest BCUT2D eigenvalue weighted by atomic mass is 127. The van der Waals surface area contributed by atoms with Crippen LogP contribution in [0.4, 0.5) is 4.79 Å². The van der Waals surface area contributed by atoms with E-state index in [9.17, 15) is 9.59 Å². The minimum absolute atomic E-state index is 0.0662. The van der Waals surface area contributed by atoms with Gasteiger partial charge in [0.1, 0.15) is 6.04 Å². The first-order valence-electron chi connectivity index (χ1n) is 7.33. The monoisotopic (exact) mass is 410 g/mol. The lowest BCUT2D eigenvalue weighted by Crippen LogP contribution is -2.56. The van der Waals surface area contributed by atoms with Crippen molar-refractivity contribution in [2.75, 3.05) is 14.2 Å². The number of hydrogen-bond donors (Lipinski definition) is 1. The molecule has 1 heterocycles. The van der Waals surface area contributed by atoms with Gasteiger partial charge >= 0.3 is 6.09 Å². The molecule has 2 amide bonds. The highest BCUT2D eigenvalue weighted by molar-refractivity contribution is 14.1. The predicted molar refractivity (Wildman–Crippen MR) is 86.2 cm³/mol. The molecule has 1 aliphatic heterocycles. The van der Waals surface area contributed by atoms with E-state index in [-0.39, 0.29) is 9.96 Å². The summed E-state index contributed by atoms with van der Waals surface area (Å²) in [6.45, 7) is 1.78. The molecule has 21 heavy (non-hydrogen) atoms.